The number of rotatable bonds is 6. The predicted octanol–water partition coefficient (Wildman–Crippen LogP) is 3.65. The third-order valence-corrected chi connectivity index (χ3v) is 5.36. The minimum Gasteiger partial charge on any atom is -0.480 e. The second-order valence-electron chi connectivity index (χ2n) is 7.64. The van der Waals surface area contributed by atoms with Crippen LogP contribution in [0.5, 0.6) is 0 Å². The molecule has 0 saturated heterocycles. The van der Waals surface area contributed by atoms with Crippen LogP contribution in [0.15, 0.2) is 30.3 Å². The number of amides is 1. The maximum atomic E-state index is 12.6. The van der Waals surface area contributed by atoms with Crippen LogP contribution in [0.4, 0.5) is 0 Å². The van der Waals surface area contributed by atoms with Crippen molar-refractivity contribution in [3.05, 3.63) is 35.9 Å². The van der Waals surface area contributed by atoms with Gasteiger partial charge in [-0.15, -0.1) is 0 Å². The van der Waals surface area contributed by atoms with Crippen molar-refractivity contribution < 1.29 is 14.7 Å². The molecular formula is C20H29NO3. The van der Waals surface area contributed by atoms with Crippen LogP contribution in [0.2, 0.25) is 0 Å². The van der Waals surface area contributed by atoms with Gasteiger partial charge in [0.2, 0.25) is 5.91 Å². The van der Waals surface area contributed by atoms with Gasteiger partial charge in [0.1, 0.15) is 5.54 Å². The molecule has 4 heteroatoms. The molecule has 0 bridgehead atoms. The van der Waals surface area contributed by atoms with Crippen LogP contribution in [-0.2, 0) is 16.0 Å². The third-order valence-electron chi connectivity index (χ3n) is 5.36. The van der Waals surface area contributed by atoms with Crippen LogP contribution in [0, 0.1) is 17.8 Å². The number of carbonyl (C=O) groups excluding carboxylic acids is 1. The third kappa shape index (κ3) is 4.59. The Morgan fingerprint density at radius 2 is 1.75 bits per heavy atom. The molecule has 1 fully saturated rings. The summed E-state index contributed by atoms with van der Waals surface area (Å²) in [5.74, 6) is 0.170. The first-order chi connectivity index (χ1) is 11.3. The molecule has 24 heavy (non-hydrogen) atoms. The first-order valence-corrected chi connectivity index (χ1v) is 8.91. The molecule has 1 atom stereocenters. The Morgan fingerprint density at radius 3 is 2.25 bits per heavy atom. The SMILES string of the molecule is CC(C)C1CCC(C(=O)N[C@@](C)(Cc2ccccc2)C(=O)O)CC1. The van der Waals surface area contributed by atoms with Crippen LogP contribution in [0.1, 0.15) is 52.0 Å². The van der Waals surface area contributed by atoms with Gasteiger partial charge >= 0.3 is 5.97 Å². The van der Waals surface area contributed by atoms with Crippen molar-refractivity contribution in [3.8, 4) is 0 Å². The summed E-state index contributed by atoms with van der Waals surface area (Å²) in [5.41, 5.74) is -0.362. The lowest BCUT2D eigenvalue weighted by molar-refractivity contribution is -0.147. The van der Waals surface area contributed by atoms with E-state index in [-0.39, 0.29) is 18.2 Å². The summed E-state index contributed by atoms with van der Waals surface area (Å²) in [6, 6.07) is 9.44. The van der Waals surface area contributed by atoms with E-state index in [0.717, 1.165) is 31.2 Å². The molecule has 0 heterocycles. The number of benzene rings is 1. The van der Waals surface area contributed by atoms with Gasteiger partial charge in [0.05, 0.1) is 0 Å². The fourth-order valence-electron chi connectivity index (χ4n) is 3.60. The van der Waals surface area contributed by atoms with Gasteiger partial charge in [-0.3, -0.25) is 4.79 Å². The molecule has 2 rings (SSSR count). The number of aliphatic carboxylic acids is 1. The van der Waals surface area contributed by atoms with Crippen molar-refractivity contribution in [1.29, 1.82) is 0 Å². The second kappa shape index (κ2) is 7.82. The summed E-state index contributed by atoms with van der Waals surface area (Å²) in [7, 11) is 0. The van der Waals surface area contributed by atoms with Crippen molar-refractivity contribution in [1.82, 2.24) is 5.32 Å². The van der Waals surface area contributed by atoms with Gasteiger partial charge < -0.3 is 10.4 Å². The number of carbonyl (C=O) groups is 2. The summed E-state index contributed by atoms with van der Waals surface area (Å²) in [6.07, 6.45) is 4.11. The lowest BCUT2D eigenvalue weighted by Crippen LogP contribution is -2.55. The number of hydrogen-bond acceptors (Lipinski definition) is 2. The first-order valence-electron chi connectivity index (χ1n) is 8.91. The van der Waals surface area contributed by atoms with Crippen molar-refractivity contribution in [3.63, 3.8) is 0 Å². The highest BCUT2D eigenvalue weighted by molar-refractivity contribution is 5.88. The summed E-state index contributed by atoms with van der Waals surface area (Å²) < 4.78 is 0. The molecule has 1 aromatic carbocycles. The quantitative estimate of drug-likeness (QED) is 0.836. The molecule has 1 aliphatic carbocycles. The number of carboxylic acids is 1. The van der Waals surface area contributed by atoms with Gasteiger partial charge in [0, 0.05) is 12.3 Å². The average molecular weight is 331 g/mol. The number of nitrogens with one attached hydrogen (secondary N) is 1. The van der Waals surface area contributed by atoms with E-state index in [0.29, 0.717) is 11.8 Å². The van der Waals surface area contributed by atoms with Crippen LogP contribution in [0.3, 0.4) is 0 Å². The van der Waals surface area contributed by atoms with Crippen molar-refractivity contribution in [2.45, 2.75) is 58.4 Å². The van der Waals surface area contributed by atoms with Crippen LogP contribution in [-0.4, -0.2) is 22.5 Å². The van der Waals surface area contributed by atoms with Gasteiger partial charge in [0.25, 0.3) is 0 Å². The lowest BCUT2D eigenvalue weighted by Gasteiger charge is -2.33. The molecule has 0 radical (unpaired) electrons. The molecule has 132 valence electrons. The van der Waals surface area contributed by atoms with Crippen LogP contribution in [0.25, 0.3) is 0 Å². The standard InChI is InChI=1S/C20H29NO3/c1-14(2)16-9-11-17(12-10-16)18(22)21-20(3,19(23)24)13-15-7-5-4-6-8-15/h4-8,14,16-17H,9-13H2,1-3H3,(H,21,22)(H,23,24)/t16?,17?,20-/m0/s1. The van der Waals surface area contributed by atoms with E-state index in [1.54, 1.807) is 6.92 Å². The van der Waals surface area contributed by atoms with Gasteiger partial charge in [-0.05, 0) is 50.0 Å². The van der Waals surface area contributed by atoms with Crippen molar-refractivity contribution in [2.24, 2.45) is 17.8 Å². The molecule has 0 aliphatic heterocycles. The highest BCUT2D eigenvalue weighted by Gasteiger charge is 2.37. The van der Waals surface area contributed by atoms with Gasteiger partial charge in [0.15, 0.2) is 0 Å². The van der Waals surface area contributed by atoms with E-state index in [2.05, 4.69) is 19.2 Å². The highest BCUT2D eigenvalue weighted by Crippen LogP contribution is 2.33. The molecule has 0 unspecified atom stereocenters. The first kappa shape index (κ1) is 18.5. The topological polar surface area (TPSA) is 66.4 Å². The summed E-state index contributed by atoms with van der Waals surface area (Å²) in [6.45, 7) is 6.05. The highest BCUT2D eigenvalue weighted by atomic mass is 16.4. The summed E-state index contributed by atoms with van der Waals surface area (Å²) in [5, 5.41) is 12.5. The minimum atomic E-state index is -1.27. The predicted molar refractivity (Wildman–Crippen MR) is 94.6 cm³/mol. The van der Waals surface area contributed by atoms with Crippen LogP contribution >= 0.6 is 0 Å². The zero-order valence-corrected chi connectivity index (χ0v) is 14.9. The van der Waals surface area contributed by atoms with Gasteiger partial charge in [-0.25, -0.2) is 4.79 Å². The fraction of sp³-hybridized carbons (Fsp3) is 0.600. The zero-order valence-electron chi connectivity index (χ0n) is 14.9. The minimum absolute atomic E-state index is 0.0607. The Balaban J connectivity index is 2.00. The van der Waals surface area contributed by atoms with Crippen molar-refractivity contribution >= 4 is 11.9 Å². The normalized spacial score (nSPS) is 23.5. The number of carboxylic acid groups (broad SMARTS) is 1. The Morgan fingerprint density at radius 1 is 1.17 bits per heavy atom. The van der Waals surface area contributed by atoms with Crippen LogP contribution < -0.4 is 5.32 Å². The fourth-order valence-corrected chi connectivity index (χ4v) is 3.60. The van der Waals surface area contributed by atoms with E-state index >= 15 is 0 Å². The van der Waals surface area contributed by atoms with Gasteiger partial charge in [-0.2, -0.15) is 0 Å². The smallest absolute Gasteiger partial charge is 0.329 e. The maximum absolute atomic E-state index is 12.6. The Bertz CT molecular complexity index is 562. The summed E-state index contributed by atoms with van der Waals surface area (Å²) in [4.78, 5) is 24.4. The van der Waals surface area contributed by atoms with E-state index < -0.39 is 11.5 Å². The molecule has 1 aliphatic rings. The largest absolute Gasteiger partial charge is 0.480 e. The van der Waals surface area contributed by atoms with Gasteiger partial charge in [-0.1, -0.05) is 44.2 Å². The lowest BCUT2D eigenvalue weighted by atomic mass is 9.76. The molecule has 0 aromatic heterocycles. The van der Waals surface area contributed by atoms with E-state index in [1.165, 1.54) is 0 Å². The zero-order chi connectivity index (χ0) is 17.7. The second-order valence-corrected chi connectivity index (χ2v) is 7.64. The Hall–Kier alpha value is -1.84. The molecule has 0 spiro atoms. The molecule has 1 amide bonds. The average Bonchev–Trinajstić information content (AvgIpc) is 2.55. The summed E-state index contributed by atoms with van der Waals surface area (Å²) >= 11 is 0. The Kier molecular flexibility index (Phi) is 6.03. The number of hydrogen-bond donors (Lipinski definition) is 2. The van der Waals surface area contributed by atoms with E-state index in [1.807, 2.05) is 30.3 Å². The molecular weight excluding hydrogens is 302 g/mol. The molecule has 1 aromatic rings. The molecule has 4 nitrogen and oxygen atoms in total. The Labute approximate surface area is 144 Å². The van der Waals surface area contributed by atoms with E-state index in [4.69, 9.17) is 0 Å². The maximum Gasteiger partial charge on any atom is 0.329 e. The van der Waals surface area contributed by atoms with Crippen molar-refractivity contribution in [2.75, 3.05) is 0 Å². The molecule has 2 N–H and O–H groups in total. The monoisotopic (exact) mass is 331 g/mol. The molecule has 1 saturated carbocycles. The van der Waals surface area contributed by atoms with E-state index in [9.17, 15) is 14.7 Å².